The zero-order chi connectivity index (χ0) is 14.8. The number of hydrogen-bond acceptors (Lipinski definition) is 4. The van der Waals surface area contributed by atoms with Crippen molar-refractivity contribution in [3.8, 4) is 5.75 Å². The molecule has 0 atom stereocenters. The molecule has 0 radical (unpaired) electrons. The first-order chi connectivity index (χ1) is 9.37. The summed E-state index contributed by atoms with van der Waals surface area (Å²) in [6.07, 6.45) is -3.29. The lowest BCUT2D eigenvalue weighted by atomic mass is 10.1. The van der Waals surface area contributed by atoms with E-state index in [0.29, 0.717) is 11.6 Å². The molecule has 0 saturated carbocycles. The van der Waals surface area contributed by atoms with E-state index in [1.807, 2.05) is 6.92 Å². The Balaban J connectivity index is 2.10. The number of halogens is 3. The average molecular weight is 302 g/mol. The third-order valence-corrected chi connectivity index (χ3v) is 3.58. The smallest absolute Gasteiger partial charge is 0.406 e. The minimum absolute atomic E-state index is 0.221. The zero-order valence-electron chi connectivity index (χ0n) is 10.7. The summed E-state index contributed by atoms with van der Waals surface area (Å²) < 4.78 is 40.0. The van der Waals surface area contributed by atoms with Gasteiger partial charge in [0.15, 0.2) is 5.13 Å². The van der Waals surface area contributed by atoms with Crippen LogP contribution >= 0.6 is 11.3 Å². The van der Waals surface area contributed by atoms with Gasteiger partial charge < -0.3 is 10.5 Å². The predicted octanol–water partition coefficient (Wildman–Crippen LogP) is 3.78. The molecule has 1 aromatic heterocycles. The molecule has 0 aliphatic carbocycles. The Morgan fingerprint density at radius 1 is 1.25 bits per heavy atom. The van der Waals surface area contributed by atoms with Crippen molar-refractivity contribution in [2.75, 3.05) is 5.73 Å². The highest BCUT2D eigenvalue weighted by Crippen LogP contribution is 2.26. The fraction of sp³-hybridized carbons (Fsp3) is 0.308. The highest BCUT2D eigenvalue weighted by atomic mass is 32.1. The molecule has 0 aliphatic heterocycles. The van der Waals surface area contributed by atoms with Crippen molar-refractivity contribution < 1.29 is 17.9 Å². The monoisotopic (exact) mass is 302 g/mol. The van der Waals surface area contributed by atoms with Crippen LogP contribution in [0.15, 0.2) is 24.3 Å². The van der Waals surface area contributed by atoms with Crippen molar-refractivity contribution in [2.24, 2.45) is 0 Å². The van der Waals surface area contributed by atoms with Crippen LogP contribution in [0.4, 0.5) is 18.3 Å². The molecule has 0 unspecified atom stereocenters. The molecule has 2 rings (SSSR count). The van der Waals surface area contributed by atoms with Crippen LogP contribution in [0.2, 0.25) is 0 Å². The largest absolute Gasteiger partial charge is 0.573 e. The summed E-state index contributed by atoms with van der Waals surface area (Å²) in [5, 5.41) is 0.508. The van der Waals surface area contributed by atoms with E-state index in [1.54, 1.807) is 12.1 Å². The molecular weight excluding hydrogens is 289 g/mol. The van der Waals surface area contributed by atoms with Crippen molar-refractivity contribution >= 4 is 16.5 Å². The highest BCUT2D eigenvalue weighted by Gasteiger charge is 2.30. The quantitative estimate of drug-likeness (QED) is 0.935. The van der Waals surface area contributed by atoms with Crippen LogP contribution in [-0.2, 0) is 12.8 Å². The van der Waals surface area contributed by atoms with Crippen LogP contribution < -0.4 is 10.5 Å². The van der Waals surface area contributed by atoms with Gasteiger partial charge in [-0.15, -0.1) is 24.5 Å². The molecular formula is C13H13F3N2OS. The Kier molecular flexibility index (Phi) is 4.17. The van der Waals surface area contributed by atoms with E-state index in [9.17, 15) is 13.2 Å². The van der Waals surface area contributed by atoms with Gasteiger partial charge in [0.25, 0.3) is 0 Å². The predicted molar refractivity (Wildman–Crippen MR) is 71.8 cm³/mol. The molecule has 108 valence electrons. The fourth-order valence-corrected chi connectivity index (χ4v) is 2.77. The number of ether oxygens (including phenoxy) is 1. The van der Waals surface area contributed by atoms with Crippen molar-refractivity contribution in [3.05, 3.63) is 40.4 Å². The first-order valence-corrected chi connectivity index (χ1v) is 6.77. The minimum atomic E-state index is -4.66. The second kappa shape index (κ2) is 5.70. The van der Waals surface area contributed by atoms with E-state index in [2.05, 4.69) is 9.72 Å². The van der Waals surface area contributed by atoms with Gasteiger partial charge in [0, 0.05) is 11.3 Å². The van der Waals surface area contributed by atoms with Crippen molar-refractivity contribution in [3.63, 3.8) is 0 Å². The maximum absolute atomic E-state index is 12.0. The summed E-state index contributed by atoms with van der Waals surface area (Å²) in [6.45, 7) is 1.98. The number of alkyl halides is 3. The molecule has 1 aromatic carbocycles. The van der Waals surface area contributed by atoms with Gasteiger partial charge in [0.05, 0.1) is 5.69 Å². The van der Waals surface area contributed by atoms with Crippen molar-refractivity contribution in [2.45, 2.75) is 26.1 Å². The molecule has 0 amide bonds. The van der Waals surface area contributed by atoms with Gasteiger partial charge in [-0.1, -0.05) is 19.1 Å². The van der Waals surface area contributed by atoms with E-state index in [-0.39, 0.29) is 5.75 Å². The maximum Gasteiger partial charge on any atom is 0.573 e. The van der Waals surface area contributed by atoms with E-state index < -0.39 is 6.36 Å². The molecule has 20 heavy (non-hydrogen) atoms. The summed E-state index contributed by atoms with van der Waals surface area (Å²) >= 11 is 1.40. The topological polar surface area (TPSA) is 48.1 Å². The van der Waals surface area contributed by atoms with Crippen LogP contribution in [0, 0.1) is 0 Å². The van der Waals surface area contributed by atoms with Gasteiger partial charge in [-0.2, -0.15) is 0 Å². The maximum atomic E-state index is 12.0. The lowest BCUT2D eigenvalue weighted by Crippen LogP contribution is -2.17. The number of nitrogen functional groups attached to an aromatic ring is 1. The standard InChI is InChI=1S/C13H13F3N2OS/c1-2-10-11(20-12(17)18-10)7-8-3-5-9(6-4-8)19-13(14,15)16/h3-6H,2,7H2,1H3,(H2,17,18). The fourth-order valence-electron chi connectivity index (χ4n) is 1.81. The molecule has 0 bridgehead atoms. The Morgan fingerprint density at radius 2 is 1.90 bits per heavy atom. The van der Waals surface area contributed by atoms with Crippen molar-refractivity contribution in [1.82, 2.24) is 4.98 Å². The molecule has 3 nitrogen and oxygen atoms in total. The van der Waals surface area contributed by atoms with Gasteiger partial charge in [-0.3, -0.25) is 0 Å². The first-order valence-electron chi connectivity index (χ1n) is 5.96. The van der Waals surface area contributed by atoms with E-state index in [0.717, 1.165) is 22.6 Å². The Hall–Kier alpha value is -1.76. The van der Waals surface area contributed by atoms with Crippen LogP contribution in [0.1, 0.15) is 23.1 Å². The molecule has 2 aromatic rings. The average Bonchev–Trinajstić information content (AvgIpc) is 2.70. The summed E-state index contributed by atoms with van der Waals surface area (Å²) in [5.41, 5.74) is 7.48. The molecule has 0 spiro atoms. The number of anilines is 1. The van der Waals surface area contributed by atoms with Gasteiger partial charge in [0.2, 0.25) is 0 Å². The van der Waals surface area contributed by atoms with Crippen LogP contribution in [0.3, 0.4) is 0 Å². The van der Waals surface area contributed by atoms with Gasteiger partial charge in [-0.25, -0.2) is 4.98 Å². The SMILES string of the molecule is CCc1nc(N)sc1Cc1ccc(OC(F)(F)F)cc1. The molecule has 1 heterocycles. The summed E-state index contributed by atoms with van der Waals surface area (Å²) in [6, 6.07) is 5.82. The molecule has 0 aliphatic rings. The van der Waals surface area contributed by atoms with Gasteiger partial charge in [0.1, 0.15) is 5.75 Å². The lowest BCUT2D eigenvalue weighted by molar-refractivity contribution is -0.274. The van der Waals surface area contributed by atoms with Crippen LogP contribution in [-0.4, -0.2) is 11.3 Å². The van der Waals surface area contributed by atoms with Gasteiger partial charge in [-0.05, 0) is 24.1 Å². The Morgan fingerprint density at radius 3 is 2.45 bits per heavy atom. The minimum Gasteiger partial charge on any atom is -0.406 e. The molecule has 0 saturated heterocycles. The molecule has 0 fully saturated rings. The van der Waals surface area contributed by atoms with E-state index in [1.165, 1.54) is 23.5 Å². The Bertz CT molecular complexity index is 578. The summed E-state index contributed by atoms with van der Waals surface area (Å²) in [5.74, 6) is -0.221. The zero-order valence-corrected chi connectivity index (χ0v) is 11.5. The lowest BCUT2D eigenvalue weighted by Gasteiger charge is -2.09. The van der Waals surface area contributed by atoms with E-state index >= 15 is 0 Å². The van der Waals surface area contributed by atoms with Crippen LogP contribution in [0.25, 0.3) is 0 Å². The third kappa shape index (κ3) is 3.86. The number of rotatable bonds is 4. The van der Waals surface area contributed by atoms with E-state index in [4.69, 9.17) is 5.73 Å². The summed E-state index contributed by atoms with van der Waals surface area (Å²) in [4.78, 5) is 5.25. The Labute approximate surface area is 118 Å². The number of aromatic nitrogens is 1. The third-order valence-electron chi connectivity index (χ3n) is 2.65. The number of hydrogen-bond donors (Lipinski definition) is 1. The van der Waals surface area contributed by atoms with Crippen LogP contribution in [0.5, 0.6) is 5.75 Å². The molecule has 2 N–H and O–H groups in total. The number of nitrogens with two attached hydrogens (primary N) is 1. The number of benzene rings is 1. The van der Waals surface area contributed by atoms with Crippen molar-refractivity contribution in [1.29, 1.82) is 0 Å². The van der Waals surface area contributed by atoms with Gasteiger partial charge >= 0.3 is 6.36 Å². The number of nitrogens with zero attached hydrogens (tertiary/aromatic N) is 1. The summed E-state index contributed by atoms with van der Waals surface area (Å²) in [7, 11) is 0. The number of thiazole rings is 1. The molecule has 7 heteroatoms. The second-order valence-corrected chi connectivity index (χ2v) is 5.26. The second-order valence-electron chi connectivity index (χ2n) is 4.14. The highest BCUT2D eigenvalue weighted by molar-refractivity contribution is 7.15. The first kappa shape index (κ1) is 14.6. The normalized spacial score (nSPS) is 11.6. The number of aryl methyl sites for hydroxylation is 1.